The van der Waals surface area contributed by atoms with E-state index in [1.807, 2.05) is 12.1 Å². The highest BCUT2D eigenvalue weighted by Gasteiger charge is 2.17. The quantitative estimate of drug-likeness (QED) is 0.724. The number of amides is 1. The first-order chi connectivity index (χ1) is 7.25. The van der Waals surface area contributed by atoms with E-state index in [1.165, 1.54) is 23.1 Å². The average molecular weight is 200 g/mol. The normalized spacial score (nSPS) is 14.4. The standard InChI is InChI=1S/C12H12N2O/c13-12(15)7-4-5-9-8-2-1-3-10(8)14-11(9)6-7/h4-6,14H,1-3H2,(H2,13,15). The first-order valence-corrected chi connectivity index (χ1v) is 5.19. The van der Waals surface area contributed by atoms with Crippen molar-refractivity contribution in [3.63, 3.8) is 0 Å². The minimum absolute atomic E-state index is 0.369. The Balaban J connectivity index is 2.26. The molecule has 1 aromatic carbocycles. The van der Waals surface area contributed by atoms with Crippen LogP contribution in [-0.4, -0.2) is 10.9 Å². The van der Waals surface area contributed by atoms with Crippen molar-refractivity contribution in [2.75, 3.05) is 0 Å². The lowest BCUT2D eigenvalue weighted by atomic mass is 10.1. The van der Waals surface area contributed by atoms with Gasteiger partial charge < -0.3 is 10.7 Å². The number of nitrogens with one attached hydrogen (secondary N) is 1. The molecule has 0 bridgehead atoms. The predicted molar refractivity (Wildman–Crippen MR) is 58.8 cm³/mol. The monoisotopic (exact) mass is 200 g/mol. The van der Waals surface area contributed by atoms with Gasteiger partial charge in [-0.1, -0.05) is 6.07 Å². The summed E-state index contributed by atoms with van der Waals surface area (Å²) in [6.45, 7) is 0. The third-order valence-corrected chi connectivity index (χ3v) is 3.13. The second-order valence-electron chi connectivity index (χ2n) is 4.06. The van der Waals surface area contributed by atoms with Crippen LogP contribution in [0.4, 0.5) is 0 Å². The second-order valence-corrected chi connectivity index (χ2v) is 4.06. The van der Waals surface area contributed by atoms with Crippen molar-refractivity contribution in [1.82, 2.24) is 4.98 Å². The van der Waals surface area contributed by atoms with E-state index in [0.29, 0.717) is 5.56 Å². The number of nitrogens with two attached hydrogens (primary N) is 1. The van der Waals surface area contributed by atoms with Crippen LogP contribution in [0.15, 0.2) is 18.2 Å². The van der Waals surface area contributed by atoms with Crippen molar-refractivity contribution < 1.29 is 4.79 Å². The van der Waals surface area contributed by atoms with E-state index in [2.05, 4.69) is 4.98 Å². The second kappa shape index (κ2) is 2.86. The number of rotatable bonds is 1. The Morgan fingerprint density at radius 2 is 2.20 bits per heavy atom. The van der Waals surface area contributed by atoms with Crippen LogP contribution in [0, 0.1) is 0 Å². The molecule has 3 rings (SSSR count). The Bertz CT molecular complexity index is 554. The van der Waals surface area contributed by atoms with Gasteiger partial charge >= 0.3 is 0 Å². The molecular formula is C12H12N2O. The summed E-state index contributed by atoms with van der Waals surface area (Å²) >= 11 is 0. The van der Waals surface area contributed by atoms with Gasteiger partial charge in [-0.3, -0.25) is 4.79 Å². The lowest BCUT2D eigenvalue weighted by molar-refractivity contribution is 0.100. The van der Waals surface area contributed by atoms with Gasteiger partial charge in [-0.2, -0.15) is 0 Å². The Morgan fingerprint density at radius 1 is 1.33 bits per heavy atom. The predicted octanol–water partition coefficient (Wildman–Crippen LogP) is 1.76. The zero-order valence-electron chi connectivity index (χ0n) is 8.34. The fraction of sp³-hybridized carbons (Fsp3) is 0.250. The number of aromatic nitrogens is 1. The van der Waals surface area contributed by atoms with Gasteiger partial charge in [0.25, 0.3) is 0 Å². The molecule has 1 aliphatic carbocycles. The number of hydrogen-bond donors (Lipinski definition) is 2. The topological polar surface area (TPSA) is 58.9 Å². The molecule has 0 atom stereocenters. The van der Waals surface area contributed by atoms with E-state index < -0.39 is 0 Å². The summed E-state index contributed by atoms with van der Waals surface area (Å²) in [4.78, 5) is 14.4. The molecule has 0 aliphatic heterocycles. The third kappa shape index (κ3) is 1.16. The summed E-state index contributed by atoms with van der Waals surface area (Å²) in [6, 6.07) is 5.64. The van der Waals surface area contributed by atoms with Crippen LogP contribution in [0.3, 0.4) is 0 Å². The molecule has 1 amide bonds. The van der Waals surface area contributed by atoms with Crippen LogP contribution in [0.5, 0.6) is 0 Å². The van der Waals surface area contributed by atoms with Crippen molar-refractivity contribution in [2.24, 2.45) is 5.73 Å². The van der Waals surface area contributed by atoms with Gasteiger partial charge in [0, 0.05) is 22.2 Å². The van der Waals surface area contributed by atoms with Crippen LogP contribution >= 0.6 is 0 Å². The largest absolute Gasteiger partial charge is 0.366 e. The molecule has 0 saturated carbocycles. The van der Waals surface area contributed by atoms with Gasteiger partial charge in [0.2, 0.25) is 5.91 Å². The molecule has 15 heavy (non-hydrogen) atoms. The molecule has 1 heterocycles. The molecule has 2 aromatic rings. The molecule has 3 nitrogen and oxygen atoms in total. The van der Waals surface area contributed by atoms with Crippen LogP contribution < -0.4 is 5.73 Å². The summed E-state index contributed by atoms with van der Waals surface area (Å²) in [7, 11) is 0. The van der Waals surface area contributed by atoms with Crippen LogP contribution in [-0.2, 0) is 12.8 Å². The van der Waals surface area contributed by atoms with E-state index in [0.717, 1.165) is 18.4 Å². The van der Waals surface area contributed by atoms with Gasteiger partial charge in [0.15, 0.2) is 0 Å². The minimum atomic E-state index is -0.369. The van der Waals surface area contributed by atoms with Crippen LogP contribution in [0.2, 0.25) is 0 Å². The van der Waals surface area contributed by atoms with E-state index in [9.17, 15) is 4.79 Å². The van der Waals surface area contributed by atoms with Gasteiger partial charge in [-0.15, -0.1) is 0 Å². The van der Waals surface area contributed by atoms with Crippen molar-refractivity contribution in [2.45, 2.75) is 19.3 Å². The van der Waals surface area contributed by atoms with Crippen molar-refractivity contribution in [3.8, 4) is 0 Å². The lowest BCUT2D eigenvalue weighted by Crippen LogP contribution is -2.10. The smallest absolute Gasteiger partial charge is 0.248 e. The molecule has 3 N–H and O–H groups in total. The molecule has 0 fully saturated rings. The summed E-state index contributed by atoms with van der Waals surface area (Å²) in [5.41, 5.74) is 9.60. The number of H-pyrrole nitrogens is 1. The number of carbonyl (C=O) groups excluding carboxylic acids is 1. The number of aromatic amines is 1. The molecule has 0 unspecified atom stereocenters. The van der Waals surface area contributed by atoms with Crippen molar-refractivity contribution >= 4 is 16.8 Å². The number of hydrogen-bond acceptors (Lipinski definition) is 1. The fourth-order valence-electron chi connectivity index (χ4n) is 2.41. The first kappa shape index (κ1) is 8.53. The third-order valence-electron chi connectivity index (χ3n) is 3.13. The Hall–Kier alpha value is -1.77. The zero-order valence-corrected chi connectivity index (χ0v) is 8.34. The van der Waals surface area contributed by atoms with Gasteiger partial charge in [0.1, 0.15) is 0 Å². The van der Waals surface area contributed by atoms with Crippen molar-refractivity contribution in [1.29, 1.82) is 0 Å². The van der Waals surface area contributed by atoms with E-state index in [4.69, 9.17) is 5.73 Å². The first-order valence-electron chi connectivity index (χ1n) is 5.19. The van der Waals surface area contributed by atoms with Gasteiger partial charge in [-0.25, -0.2) is 0 Å². The summed E-state index contributed by atoms with van der Waals surface area (Å²) in [5.74, 6) is -0.369. The summed E-state index contributed by atoms with van der Waals surface area (Å²) < 4.78 is 0. The Morgan fingerprint density at radius 3 is 3.00 bits per heavy atom. The highest BCUT2D eigenvalue weighted by molar-refractivity contribution is 5.97. The summed E-state index contributed by atoms with van der Waals surface area (Å²) in [6.07, 6.45) is 3.50. The number of carbonyl (C=O) groups is 1. The molecule has 0 spiro atoms. The average Bonchev–Trinajstić information content (AvgIpc) is 2.75. The molecular weight excluding hydrogens is 188 g/mol. The molecule has 3 heteroatoms. The number of aryl methyl sites for hydroxylation is 2. The van der Waals surface area contributed by atoms with Gasteiger partial charge in [0.05, 0.1) is 0 Å². The SMILES string of the molecule is NC(=O)c1ccc2c3c([nH]c2c1)CCC3. The highest BCUT2D eigenvalue weighted by atomic mass is 16.1. The molecule has 0 radical (unpaired) electrons. The van der Waals surface area contributed by atoms with E-state index in [-0.39, 0.29) is 5.91 Å². The van der Waals surface area contributed by atoms with Gasteiger partial charge in [-0.05, 0) is 37.0 Å². The number of primary amides is 1. The molecule has 76 valence electrons. The van der Waals surface area contributed by atoms with Crippen LogP contribution in [0.25, 0.3) is 10.9 Å². The molecule has 1 aliphatic rings. The zero-order chi connectivity index (χ0) is 10.4. The minimum Gasteiger partial charge on any atom is -0.366 e. The Labute approximate surface area is 87.3 Å². The number of benzene rings is 1. The van der Waals surface area contributed by atoms with E-state index in [1.54, 1.807) is 6.07 Å². The number of fused-ring (bicyclic) bond motifs is 3. The molecule has 0 saturated heterocycles. The summed E-state index contributed by atoms with van der Waals surface area (Å²) in [5, 5.41) is 1.24. The Kier molecular flexibility index (Phi) is 1.63. The van der Waals surface area contributed by atoms with E-state index >= 15 is 0 Å². The maximum atomic E-state index is 11.0. The molecule has 1 aromatic heterocycles. The maximum absolute atomic E-state index is 11.0. The lowest BCUT2D eigenvalue weighted by Gasteiger charge is -1.97. The van der Waals surface area contributed by atoms with Crippen molar-refractivity contribution in [3.05, 3.63) is 35.0 Å². The fourth-order valence-corrected chi connectivity index (χ4v) is 2.41. The van der Waals surface area contributed by atoms with Crippen LogP contribution in [0.1, 0.15) is 28.0 Å². The highest BCUT2D eigenvalue weighted by Crippen LogP contribution is 2.30. The maximum Gasteiger partial charge on any atom is 0.248 e.